The van der Waals surface area contributed by atoms with Gasteiger partial charge < -0.3 is 20.1 Å². The normalized spacial score (nSPS) is 14.6. The molecule has 0 spiro atoms. The van der Waals surface area contributed by atoms with Gasteiger partial charge in [-0.25, -0.2) is 9.59 Å². The van der Waals surface area contributed by atoms with Gasteiger partial charge in [0, 0.05) is 6.54 Å². The molecule has 3 rings (SSSR count). The summed E-state index contributed by atoms with van der Waals surface area (Å²) in [7, 11) is 3.04. The number of ether oxygens (including phenoxy) is 2. The molecule has 1 fully saturated rings. The van der Waals surface area contributed by atoms with Gasteiger partial charge in [-0.3, -0.25) is 19.8 Å². The maximum absolute atomic E-state index is 13.7. The Morgan fingerprint density at radius 2 is 1.44 bits per heavy atom. The van der Waals surface area contributed by atoms with Crippen LogP contribution in [0.3, 0.4) is 0 Å². The molecule has 2 aromatic rings. The minimum Gasteiger partial charge on any atom is -0.497 e. The molecule has 180 valence electrons. The molecule has 10 heteroatoms. The SMILES string of the molecule is COc1ccc(C2(c3ccc(OC)cc3)NC(=O)N(CC(=O)NC(=O)NCC(C)C)C2=O)cc1. The summed E-state index contributed by atoms with van der Waals surface area (Å²) in [5.74, 6) is -0.0833. The topological polar surface area (TPSA) is 126 Å². The van der Waals surface area contributed by atoms with E-state index in [1.54, 1.807) is 48.5 Å². The molecule has 2 aromatic carbocycles. The first-order valence-electron chi connectivity index (χ1n) is 10.7. The fourth-order valence-electron chi connectivity index (χ4n) is 3.61. The van der Waals surface area contributed by atoms with Crippen molar-refractivity contribution in [3.63, 3.8) is 0 Å². The summed E-state index contributed by atoms with van der Waals surface area (Å²) in [6.45, 7) is 3.58. The summed E-state index contributed by atoms with van der Waals surface area (Å²) in [5, 5.41) is 7.44. The lowest BCUT2D eigenvalue weighted by atomic mass is 9.82. The maximum Gasteiger partial charge on any atom is 0.326 e. The predicted octanol–water partition coefficient (Wildman–Crippen LogP) is 1.98. The number of carbonyl (C=O) groups excluding carboxylic acids is 4. The van der Waals surface area contributed by atoms with Crippen molar-refractivity contribution < 1.29 is 28.7 Å². The molecule has 6 amide bonds. The standard InChI is InChI=1S/C24H28N4O6/c1-15(2)13-25-22(31)26-20(29)14-28-21(30)24(27-23(28)32,16-5-9-18(33-3)10-6-16)17-7-11-19(34-4)12-8-17/h5-12,15H,13-14H2,1-4H3,(H,27,32)(H2,25,26,29,31). The lowest BCUT2D eigenvalue weighted by Crippen LogP contribution is -2.48. The number of hydrogen-bond acceptors (Lipinski definition) is 6. The van der Waals surface area contributed by atoms with Crippen molar-refractivity contribution in [3.8, 4) is 11.5 Å². The van der Waals surface area contributed by atoms with Gasteiger partial charge in [0.1, 0.15) is 18.0 Å². The van der Waals surface area contributed by atoms with E-state index in [-0.39, 0.29) is 5.92 Å². The van der Waals surface area contributed by atoms with E-state index in [9.17, 15) is 19.2 Å². The zero-order valence-electron chi connectivity index (χ0n) is 19.5. The Morgan fingerprint density at radius 3 is 1.88 bits per heavy atom. The molecule has 1 saturated heterocycles. The maximum atomic E-state index is 13.7. The van der Waals surface area contributed by atoms with Gasteiger partial charge in [0.05, 0.1) is 14.2 Å². The Kier molecular flexibility index (Phi) is 7.40. The molecular formula is C24H28N4O6. The molecule has 10 nitrogen and oxygen atoms in total. The number of nitrogens with one attached hydrogen (secondary N) is 3. The van der Waals surface area contributed by atoms with Gasteiger partial charge in [0.25, 0.3) is 5.91 Å². The number of benzene rings is 2. The lowest BCUT2D eigenvalue weighted by molar-refractivity contribution is -0.134. The predicted molar refractivity (Wildman–Crippen MR) is 123 cm³/mol. The number of hydrogen-bond donors (Lipinski definition) is 3. The monoisotopic (exact) mass is 468 g/mol. The van der Waals surface area contributed by atoms with Crippen LogP contribution in [0.1, 0.15) is 25.0 Å². The molecule has 1 aliphatic rings. The lowest BCUT2D eigenvalue weighted by Gasteiger charge is -2.28. The van der Waals surface area contributed by atoms with Crippen molar-refractivity contribution >= 4 is 23.9 Å². The van der Waals surface area contributed by atoms with E-state index >= 15 is 0 Å². The van der Waals surface area contributed by atoms with E-state index in [0.717, 1.165) is 4.90 Å². The molecule has 0 atom stereocenters. The Balaban J connectivity index is 1.91. The molecule has 0 unspecified atom stereocenters. The van der Waals surface area contributed by atoms with Gasteiger partial charge in [0.2, 0.25) is 5.91 Å². The molecule has 0 bridgehead atoms. The minimum absolute atomic E-state index is 0.196. The van der Waals surface area contributed by atoms with Crippen molar-refractivity contribution in [2.45, 2.75) is 19.4 Å². The second kappa shape index (κ2) is 10.2. The van der Waals surface area contributed by atoms with Crippen LogP contribution < -0.4 is 25.4 Å². The van der Waals surface area contributed by atoms with Gasteiger partial charge in [0.15, 0.2) is 5.54 Å². The van der Waals surface area contributed by atoms with Crippen molar-refractivity contribution in [1.29, 1.82) is 0 Å². The summed E-state index contributed by atoms with van der Waals surface area (Å²) in [6.07, 6.45) is 0. The van der Waals surface area contributed by atoms with Crippen LogP contribution in [0.5, 0.6) is 11.5 Å². The highest BCUT2D eigenvalue weighted by Gasteiger charge is 2.54. The number of amides is 6. The first-order chi connectivity index (χ1) is 16.2. The second-order valence-electron chi connectivity index (χ2n) is 8.18. The van der Waals surface area contributed by atoms with E-state index < -0.39 is 36.0 Å². The number of urea groups is 2. The Hall–Kier alpha value is -4.08. The van der Waals surface area contributed by atoms with Crippen molar-refractivity contribution in [1.82, 2.24) is 20.9 Å². The Bertz CT molecular complexity index is 1020. The molecule has 0 saturated carbocycles. The van der Waals surface area contributed by atoms with Gasteiger partial charge in [-0.15, -0.1) is 0 Å². The number of carbonyl (C=O) groups is 4. The van der Waals surface area contributed by atoms with Crippen LogP contribution >= 0.6 is 0 Å². The fourth-order valence-corrected chi connectivity index (χ4v) is 3.61. The van der Waals surface area contributed by atoms with E-state index in [0.29, 0.717) is 29.2 Å². The van der Waals surface area contributed by atoms with Gasteiger partial charge >= 0.3 is 12.1 Å². The van der Waals surface area contributed by atoms with Gasteiger partial charge in [-0.2, -0.15) is 0 Å². The first kappa shape index (κ1) is 24.6. The molecule has 0 aliphatic carbocycles. The van der Waals surface area contributed by atoms with Crippen LogP contribution in [0.4, 0.5) is 9.59 Å². The highest BCUT2D eigenvalue weighted by molar-refractivity contribution is 6.12. The van der Waals surface area contributed by atoms with E-state index in [2.05, 4.69) is 16.0 Å². The van der Waals surface area contributed by atoms with Gasteiger partial charge in [-0.05, 0) is 41.3 Å². The largest absolute Gasteiger partial charge is 0.497 e. The van der Waals surface area contributed by atoms with E-state index in [4.69, 9.17) is 9.47 Å². The van der Waals surface area contributed by atoms with E-state index in [1.165, 1.54) is 14.2 Å². The summed E-state index contributed by atoms with van der Waals surface area (Å²) >= 11 is 0. The third kappa shape index (κ3) is 4.95. The number of rotatable bonds is 8. The van der Waals surface area contributed by atoms with Crippen molar-refractivity contribution in [2.75, 3.05) is 27.3 Å². The average molecular weight is 469 g/mol. The van der Waals surface area contributed by atoms with Crippen LogP contribution in [0.25, 0.3) is 0 Å². The zero-order chi connectivity index (χ0) is 24.9. The first-order valence-corrected chi connectivity index (χ1v) is 10.7. The highest BCUT2D eigenvalue weighted by Crippen LogP contribution is 2.37. The third-order valence-electron chi connectivity index (χ3n) is 5.38. The number of nitrogens with zero attached hydrogens (tertiary/aromatic N) is 1. The number of imide groups is 2. The Morgan fingerprint density at radius 1 is 0.941 bits per heavy atom. The summed E-state index contributed by atoms with van der Waals surface area (Å²) in [6, 6.07) is 11.9. The van der Waals surface area contributed by atoms with Crippen LogP contribution in [0.15, 0.2) is 48.5 Å². The molecule has 0 aromatic heterocycles. The van der Waals surface area contributed by atoms with E-state index in [1.807, 2.05) is 13.8 Å². The van der Waals surface area contributed by atoms with Crippen LogP contribution in [0, 0.1) is 5.92 Å². The highest BCUT2D eigenvalue weighted by atomic mass is 16.5. The third-order valence-corrected chi connectivity index (χ3v) is 5.38. The summed E-state index contributed by atoms with van der Waals surface area (Å²) in [5.41, 5.74) is -0.612. The Labute approximate surface area is 197 Å². The van der Waals surface area contributed by atoms with Crippen LogP contribution in [-0.2, 0) is 15.1 Å². The summed E-state index contributed by atoms with van der Waals surface area (Å²) < 4.78 is 10.4. The fraction of sp³-hybridized carbons (Fsp3) is 0.333. The van der Waals surface area contributed by atoms with Crippen molar-refractivity contribution in [3.05, 3.63) is 59.7 Å². The average Bonchev–Trinajstić information content (AvgIpc) is 3.08. The minimum atomic E-state index is -1.57. The van der Waals surface area contributed by atoms with Gasteiger partial charge in [-0.1, -0.05) is 38.1 Å². The molecule has 3 N–H and O–H groups in total. The quantitative estimate of drug-likeness (QED) is 0.509. The molecule has 0 radical (unpaired) electrons. The molecule has 1 aliphatic heterocycles. The van der Waals surface area contributed by atoms with Crippen molar-refractivity contribution in [2.24, 2.45) is 5.92 Å². The second-order valence-corrected chi connectivity index (χ2v) is 8.18. The summed E-state index contributed by atoms with van der Waals surface area (Å²) in [4.78, 5) is 51.7. The molecular weight excluding hydrogens is 440 g/mol. The number of methoxy groups -OCH3 is 2. The molecule has 34 heavy (non-hydrogen) atoms. The van der Waals surface area contributed by atoms with Crippen LogP contribution in [0.2, 0.25) is 0 Å². The smallest absolute Gasteiger partial charge is 0.326 e. The zero-order valence-corrected chi connectivity index (χ0v) is 19.5. The van der Waals surface area contributed by atoms with Crippen LogP contribution in [-0.4, -0.2) is 56.1 Å². The molecule has 1 heterocycles.